The lowest BCUT2D eigenvalue weighted by molar-refractivity contribution is 0.256. The standard InChI is InChI=1S/C9H17NOS2/c1-4-11-6-5-10-9(12)13-7-8(2)3/h4,8H,1,5-7H2,2-3H3,(H,10,12). The third kappa shape index (κ3) is 9.70. The van der Waals surface area contributed by atoms with Crippen molar-refractivity contribution in [3.8, 4) is 0 Å². The van der Waals surface area contributed by atoms with Crippen molar-refractivity contribution in [2.75, 3.05) is 18.9 Å². The van der Waals surface area contributed by atoms with Gasteiger partial charge in [0.25, 0.3) is 0 Å². The molecule has 0 rings (SSSR count). The van der Waals surface area contributed by atoms with Crippen LogP contribution in [-0.2, 0) is 4.74 Å². The first-order valence-electron chi connectivity index (χ1n) is 4.30. The average molecular weight is 219 g/mol. The molecule has 0 saturated heterocycles. The van der Waals surface area contributed by atoms with Gasteiger partial charge in [-0.3, -0.25) is 0 Å². The molecule has 0 heterocycles. The van der Waals surface area contributed by atoms with E-state index >= 15 is 0 Å². The predicted molar refractivity (Wildman–Crippen MR) is 64.0 cm³/mol. The monoisotopic (exact) mass is 219 g/mol. The molecule has 0 radical (unpaired) electrons. The van der Waals surface area contributed by atoms with Gasteiger partial charge in [-0.2, -0.15) is 0 Å². The summed E-state index contributed by atoms with van der Waals surface area (Å²) in [5.74, 6) is 1.74. The Morgan fingerprint density at radius 3 is 2.92 bits per heavy atom. The largest absolute Gasteiger partial charge is 0.500 e. The van der Waals surface area contributed by atoms with E-state index < -0.39 is 0 Å². The Hall–Kier alpha value is -0.220. The Morgan fingerprint density at radius 1 is 1.69 bits per heavy atom. The SMILES string of the molecule is C=COCCNC(=S)SCC(C)C. The molecule has 0 aliphatic rings. The van der Waals surface area contributed by atoms with Crippen molar-refractivity contribution in [3.63, 3.8) is 0 Å². The van der Waals surface area contributed by atoms with E-state index in [9.17, 15) is 0 Å². The molecule has 0 aromatic carbocycles. The molecule has 0 aromatic heterocycles. The molecule has 76 valence electrons. The minimum absolute atomic E-state index is 0.617. The highest BCUT2D eigenvalue weighted by Gasteiger charge is 1.98. The molecule has 0 atom stereocenters. The molecule has 0 amide bonds. The molecule has 4 heteroatoms. The minimum atomic E-state index is 0.617. The molecule has 0 aromatic rings. The third-order valence-corrected chi connectivity index (χ3v) is 2.89. The molecule has 0 bridgehead atoms. The zero-order chi connectivity index (χ0) is 10.1. The van der Waals surface area contributed by atoms with Crippen LogP contribution in [0, 0.1) is 5.92 Å². The normalized spacial score (nSPS) is 9.77. The van der Waals surface area contributed by atoms with Gasteiger partial charge in [0, 0.05) is 5.75 Å². The highest BCUT2D eigenvalue weighted by atomic mass is 32.2. The van der Waals surface area contributed by atoms with Crippen LogP contribution < -0.4 is 5.32 Å². The van der Waals surface area contributed by atoms with Gasteiger partial charge < -0.3 is 10.1 Å². The van der Waals surface area contributed by atoms with Gasteiger partial charge in [-0.1, -0.05) is 44.4 Å². The molecule has 0 unspecified atom stereocenters. The quantitative estimate of drug-likeness (QED) is 0.420. The maximum atomic E-state index is 5.09. The van der Waals surface area contributed by atoms with Crippen molar-refractivity contribution in [2.45, 2.75) is 13.8 Å². The van der Waals surface area contributed by atoms with Crippen molar-refractivity contribution in [1.82, 2.24) is 5.32 Å². The molecule has 2 nitrogen and oxygen atoms in total. The van der Waals surface area contributed by atoms with Gasteiger partial charge in [-0.15, -0.1) is 0 Å². The van der Waals surface area contributed by atoms with Crippen LogP contribution in [0.1, 0.15) is 13.8 Å². The first kappa shape index (κ1) is 12.8. The van der Waals surface area contributed by atoms with Crippen molar-refractivity contribution in [3.05, 3.63) is 12.8 Å². The summed E-state index contributed by atoms with van der Waals surface area (Å²) in [6.45, 7) is 9.17. The smallest absolute Gasteiger partial charge is 0.133 e. The Kier molecular flexibility index (Phi) is 8.24. The molecule has 0 spiro atoms. The number of thioether (sulfide) groups is 1. The average Bonchev–Trinajstić information content (AvgIpc) is 2.09. The zero-order valence-corrected chi connectivity index (χ0v) is 9.84. The zero-order valence-electron chi connectivity index (χ0n) is 8.21. The van der Waals surface area contributed by atoms with Crippen LogP contribution in [0.15, 0.2) is 12.8 Å². The summed E-state index contributed by atoms with van der Waals surface area (Å²) < 4.78 is 5.79. The van der Waals surface area contributed by atoms with Gasteiger partial charge in [0.05, 0.1) is 12.8 Å². The summed E-state index contributed by atoms with van der Waals surface area (Å²) >= 11 is 6.77. The molecule has 1 N–H and O–H groups in total. The number of nitrogens with one attached hydrogen (secondary N) is 1. The number of rotatable bonds is 6. The Morgan fingerprint density at radius 2 is 2.38 bits per heavy atom. The Balaban J connectivity index is 3.25. The third-order valence-electron chi connectivity index (χ3n) is 1.15. The summed E-state index contributed by atoms with van der Waals surface area (Å²) in [6.07, 6.45) is 1.44. The summed E-state index contributed by atoms with van der Waals surface area (Å²) in [5, 5.41) is 3.09. The molecule has 0 saturated carbocycles. The van der Waals surface area contributed by atoms with E-state index in [-0.39, 0.29) is 0 Å². The topological polar surface area (TPSA) is 21.3 Å². The van der Waals surface area contributed by atoms with Crippen molar-refractivity contribution < 1.29 is 4.74 Å². The number of hydrogen-bond donors (Lipinski definition) is 1. The predicted octanol–water partition coefficient (Wildman–Crippen LogP) is 2.41. The van der Waals surface area contributed by atoms with Crippen LogP contribution in [0.4, 0.5) is 0 Å². The van der Waals surface area contributed by atoms with Gasteiger partial charge in [-0.05, 0) is 5.92 Å². The van der Waals surface area contributed by atoms with E-state index in [0.717, 1.165) is 16.6 Å². The van der Waals surface area contributed by atoms with E-state index in [2.05, 4.69) is 25.7 Å². The first-order chi connectivity index (χ1) is 6.16. The fourth-order valence-corrected chi connectivity index (χ4v) is 1.58. The molecular formula is C9H17NOS2. The van der Waals surface area contributed by atoms with Crippen LogP contribution in [0.5, 0.6) is 0 Å². The van der Waals surface area contributed by atoms with Crippen molar-refractivity contribution in [2.24, 2.45) is 5.92 Å². The van der Waals surface area contributed by atoms with Crippen LogP contribution in [0.25, 0.3) is 0 Å². The van der Waals surface area contributed by atoms with E-state index in [1.165, 1.54) is 6.26 Å². The summed E-state index contributed by atoms with van der Waals surface area (Å²) in [7, 11) is 0. The lowest BCUT2D eigenvalue weighted by Gasteiger charge is -2.08. The minimum Gasteiger partial charge on any atom is -0.500 e. The molecule has 0 aliphatic heterocycles. The molecule has 0 aliphatic carbocycles. The lowest BCUT2D eigenvalue weighted by Crippen LogP contribution is -2.23. The fourth-order valence-electron chi connectivity index (χ4n) is 0.589. The van der Waals surface area contributed by atoms with Gasteiger partial charge >= 0.3 is 0 Å². The van der Waals surface area contributed by atoms with E-state index in [4.69, 9.17) is 17.0 Å². The van der Waals surface area contributed by atoms with Gasteiger partial charge in [0.15, 0.2) is 0 Å². The number of ether oxygens (including phenoxy) is 1. The summed E-state index contributed by atoms with van der Waals surface area (Å²) in [6, 6.07) is 0. The Bertz CT molecular complexity index is 160. The number of thiocarbonyl (C=S) groups is 1. The second-order valence-electron chi connectivity index (χ2n) is 2.96. The van der Waals surface area contributed by atoms with Crippen LogP contribution in [-0.4, -0.2) is 23.2 Å². The van der Waals surface area contributed by atoms with Crippen molar-refractivity contribution in [1.29, 1.82) is 0 Å². The maximum Gasteiger partial charge on any atom is 0.133 e. The Labute approximate surface area is 90.1 Å². The van der Waals surface area contributed by atoms with Gasteiger partial charge in [0.1, 0.15) is 10.9 Å². The highest BCUT2D eigenvalue weighted by Crippen LogP contribution is 2.07. The van der Waals surface area contributed by atoms with Crippen LogP contribution in [0.3, 0.4) is 0 Å². The van der Waals surface area contributed by atoms with Crippen LogP contribution >= 0.6 is 24.0 Å². The second kappa shape index (κ2) is 8.38. The molecular weight excluding hydrogens is 202 g/mol. The van der Waals surface area contributed by atoms with E-state index in [1.807, 2.05) is 0 Å². The highest BCUT2D eigenvalue weighted by molar-refractivity contribution is 8.22. The second-order valence-corrected chi connectivity index (χ2v) is 4.65. The van der Waals surface area contributed by atoms with E-state index in [1.54, 1.807) is 11.8 Å². The van der Waals surface area contributed by atoms with Gasteiger partial charge in [-0.25, -0.2) is 0 Å². The van der Waals surface area contributed by atoms with E-state index in [0.29, 0.717) is 12.5 Å². The first-order valence-corrected chi connectivity index (χ1v) is 5.69. The van der Waals surface area contributed by atoms with Gasteiger partial charge in [0.2, 0.25) is 0 Å². The van der Waals surface area contributed by atoms with Crippen LogP contribution in [0.2, 0.25) is 0 Å². The number of hydrogen-bond acceptors (Lipinski definition) is 3. The van der Waals surface area contributed by atoms with Crippen molar-refractivity contribution >= 4 is 28.3 Å². The summed E-state index contributed by atoms with van der Waals surface area (Å²) in [4.78, 5) is 0. The fraction of sp³-hybridized carbons (Fsp3) is 0.667. The molecule has 13 heavy (non-hydrogen) atoms. The lowest BCUT2D eigenvalue weighted by atomic mass is 10.3. The maximum absolute atomic E-state index is 5.09. The summed E-state index contributed by atoms with van der Waals surface area (Å²) in [5.41, 5.74) is 0. The molecule has 0 fully saturated rings.